The molecular weight excluding hydrogens is 119 g/mol. The maximum atomic E-state index is 6.00. The molecule has 26 valence electrons. The van der Waals surface area contributed by atoms with Crippen LogP contribution in [0, 0.1) is 10.8 Å². The minimum absolute atomic E-state index is 0. The molecule has 4 heteroatoms. The molecule has 0 fully saturated rings. The van der Waals surface area contributed by atoms with Crippen molar-refractivity contribution < 1.29 is 17.1 Å². The molecule has 0 aromatic rings. The smallest absolute Gasteiger partial charge is 0 e. The number of hydrogen-bond acceptors (Lipinski definition) is 2. The second-order valence-corrected chi connectivity index (χ2v) is 0. The molecule has 0 spiro atoms. The van der Waals surface area contributed by atoms with Crippen LogP contribution in [0.15, 0.2) is 0 Å². The Balaban J connectivity index is -0.00000000500. The summed E-state index contributed by atoms with van der Waals surface area (Å²) in [5.41, 5.74) is 0. The first-order valence-electron chi connectivity index (χ1n) is 0.200. The summed E-state index contributed by atoms with van der Waals surface area (Å²) in [6.07, 6.45) is 0. The van der Waals surface area contributed by atoms with Gasteiger partial charge in [-0.3, -0.25) is 0 Å². The third-order valence-electron chi connectivity index (χ3n) is 0. The maximum Gasteiger partial charge on any atom is 0 e. The summed E-state index contributed by atoms with van der Waals surface area (Å²) in [5, 5.41) is 12.0. The van der Waals surface area contributed by atoms with Crippen LogP contribution in [0.4, 0.5) is 0 Å². The van der Waals surface area contributed by atoms with E-state index in [4.69, 9.17) is 10.8 Å². The van der Waals surface area contributed by atoms with Crippen molar-refractivity contribution in [1.29, 1.82) is 10.8 Å². The van der Waals surface area contributed by atoms with Crippen molar-refractivity contribution in [2.45, 2.75) is 0 Å². The van der Waals surface area contributed by atoms with Crippen LogP contribution < -0.4 is 0 Å². The van der Waals surface area contributed by atoms with Crippen LogP contribution in [0.2, 0.25) is 0 Å². The standard InChI is InChI=1S/ClH.Fe.N2/c;;1-2/h1H;;. The predicted molar refractivity (Wildman–Crippen MR) is 10.7 cm³/mol. The van der Waals surface area contributed by atoms with E-state index in [1.54, 1.807) is 0 Å². The van der Waals surface area contributed by atoms with Gasteiger partial charge in [-0.25, -0.2) is 0 Å². The molecule has 2 nitrogen and oxygen atoms in total. The molecule has 0 aliphatic carbocycles. The molecule has 0 rings (SSSR count). The first-order valence-corrected chi connectivity index (χ1v) is 0.200. The first kappa shape index (κ1) is 29.2. The van der Waals surface area contributed by atoms with Crippen molar-refractivity contribution in [2.75, 3.05) is 0 Å². The molecule has 0 saturated carbocycles. The second-order valence-electron chi connectivity index (χ2n) is 0. The fourth-order valence-corrected chi connectivity index (χ4v) is 0. The average Bonchev–Trinajstić information content (AvgIpc) is 1.00. The molecule has 0 aromatic carbocycles. The first-order chi connectivity index (χ1) is 1.00. The van der Waals surface area contributed by atoms with Crippen molar-refractivity contribution in [1.82, 2.24) is 0 Å². The summed E-state index contributed by atoms with van der Waals surface area (Å²) in [6, 6.07) is 0. The van der Waals surface area contributed by atoms with E-state index in [0.717, 1.165) is 0 Å². The van der Waals surface area contributed by atoms with Gasteiger partial charge in [-0.1, -0.05) is 0 Å². The van der Waals surface area contributed by atoms with E-state index in [2.05, 4.69) is 0 Å². The monoisotopic (exact) mass is 120 g/mol. The molecule has 0 unspecified atom stereocenters. The average molecular weight is 120 g/mol. The summed E-state index contributed by atoms with van der Waals surface area (Å²) in [4.78, 5) is 0. The quantitative estimate of drug-likeness (QED) is 0.344. The fourth-order valence-electron chi connectivity index (χ4n) is 0. The molecule has 0 N–H and O–H groups in total. The zero-order valence-electron chi connectivity index (χ0n) is 1.66. The van der Waals surface area contributed by atoms with Gasteiger partial charge in [0.05, 0.1) is 0 Å². The normalized spacial score (nSPS) is 0.500. The van der Waals surface area contributed by atoms with Gasteiger partial charge in [-0.2, -0.15) is 0 Å². The van der Waals surface area contributed by atoms with Crippen LogP contribution in [0.25, 0.3) is 0 Å². The van der Waals surface area contributed by atoms with Crippen LogP contribution in [-0.2, 0) is 17.1 Å². The van der Waals surface area contributed by atoms with Gasteiger partial charge in [0.2, 0.25) is 0 Å². The van der Waals surface area contributed by atoms with Gasteiger partial charge in [-0.05, 0) is 0 Å². The van der Waals surface area contributed by atoms with Gasteiger partial charge in [-0.15, -0.1) is 12.4 Å². The Morgan fingerprint density at radius 2 is 1.00 bits per heavy atom. The molecule has 0 bridgehead atoms. The predicted octanol–water partition coefficient (Wildman–Crippen LogP) is 0.449. The van der Waals surface area contributed by atoms with Crippen LogP contribution in [0.1, 0.15) is 0 Å². The zero-order chi connectivity index (χ0) is 2.00. The Bertz CT molecular complexity index is 10.8. The van der Waals surface area contributed by atoms with Crippen molar-refractivity contribution in [2.24, 2.45) is 0 Å². The van der Waals surface area contributed by atoms with Crippen LogP contribution in [-0.4, -0.2) is 0 Å². The fraction of sp³-hybridized carbons (Fsp3) is 0. The number of nitrogens with zero attached hydrogens (tertiary/aromatic N) is 2. The largest absolute Gasteiger partial charge is 0.147 e. The van der Waals surface area contributed by atoms with E-state index in [1.165, 1.54) is 0 Å². The Labute approximate surface area is 40.9 Å². The number of halogens is 1. The summed E-state index contributed by atoms with van der Waals surface area (Å²) in [7, 11) is 0. The SMILES string of the molecule is Cl.N#N.[Fe]. The molecule has 0 aliphatic rings. The summed E-state index contributed by atoms with van der Waals surface area (Å²) < 4.78 is 0. The molecule has 0 aliphatic heterocycles. The maximum absolute atomic E-state index is 6.00. The molecule has 0 aromatic heterocycles. The minimum Gasteiger partial charge on any atom is -0.147 e. The van der Waals surface area contributed by atoms with E-state index in [-0.39, 0.29) is 29.5 Å². The van der Waals surface area contributed by atoms with Gasteiger partial charge < -0.3 is 0 Å². The Hall–Kier alpha value is 0.229. The summed E-state index contributed by atoms with van der Waals surface area (Å²) in [5.74, 6) is 0. The van der Waals surface area contributed by atoms with Crippen molar-refractivity contribution in [3.63, 3.8) is 0 Å². The molecule has 0 saturated heterocycles. The Morgan fingerprint density at radius 1 is 1.00 bits per heavy atom. The van der Waals surface area contributed by atoms with Crippen molar-refractivity contribution in [3.05, 3.63) is 0 Å². The van der Waals surface area contributed by atoms with Crippen LogP contribution in [0.5, 0.6) is 0 Å². The molecule has 0 atom stereocenters. The Kier molecular flexibility index (Phi) is 2220. The zero-order valence-corrected chi connectivity index (χ0v) is 3.58. The van der Waals surface area contributed by atoms with E-state index in [1.807, 2.05) is 0 Å². The van der Waals surface area contributed by atoms with Crippen molar-refractivity contribution in [3.8, 4) is 0 Å². The third-order valence-corrected chi connectivity index (χ3v) is 0. The molecule has 0 amide bonds. The van der Waals surface area contributed by atoms with E-state index in [0.29, 0.717) is 0 Å². The van der Waals surface area contributed by atoms with Gasteiger partial charge in [0.25, 0.3) is 0 Å². The molecular formula is HClFeN2. The third kappa shape index (κ3) is 64.0. The van der Waals surface area contributed by atoms with E-state index >= 15 is 0 Å². The minimum atomic E-state index is 0. The van der Waals surface area contributed by atoms with E-state index in [9.17, 15) is 0 Å². The summed E-state index contributed by atoms with van der Waals surface area (Å²) in [6.45, 7) is 0. The number of hydrogen-bond donors (Lipinski definition) is 0. The second kappa shape index (κ2) is 305. The van der Waals surface area contributed by atoms with Gasteiger partial charge >= 0.3 is 0 Å². The topological polar surface area (TPSA) is 47.6 Å². The van der Waals surface area contributed by atoms with Gasteiger partial charge in [0.1, 0.15) is 0 Å². The molecule has 0 radical (unpaired) electrons. The number of rotatable bonds is 0. The van der Waals surface area contributed by atoms with Gasteiger partial charge in [0.15, 0.2) is 0 Å². The summed E-state index contributed by atoms with van der Waals surface area (Å²) >= 11 is 0. The molecule has 0 heterocycles. The van der Waals surface area contributed by atoms with Gasteiger partial charge in [0, 0.05) is 27.9 Å². The van der Waals surface area contributed by atoms with Crippen LogP contribution >= 0.6 is 12.4 Å². The molecule has 4 heavy (non-hydrogen) atoms. The van der Waals surface area contributed by atoms with Crippen molar-refractivity contribution >= 4 is 12.4 Å². The van der Waals surface area contributed by atoms with Crippen LogP contribution in [0.3, 0.4) is 0 Å². The Morgan fingerprint density at radius 3 is 1.00 bits per heavy atom. The van der Waals surface area contributed by atoms with E-state index < -0.39 is 0 Å².